The van der Waals surface area contributed by atoms with E-state index in [1.807, 2.05) is 74.5 Å². The van der Waals surface area contributed by atoms with Gasteiger partial charge in [-0.05, 0) is 81.9 Å². The number of rotatable bonds is 20. The van der Waals surface area contributed by atoms with E-state index in [4.69, 9.17) is 11.5 Å². The van der Waals surface area contributed by atoms with Gasteiger partial charge in [0.25, 0.3) is 0 Å². The summed E-state index contributed by atoms with van der Waals surface area (Å²) in [6.45, 7) is 7.00. The number of piperidine rings is 1. The molecule has 2 aromatic carbocycles. The monoisotopic (exact) mass is 748 g/mol. The van der Waals surface area contributed by atoms with E-state index >= 15 is 0 Å². The number of likely N-dealkylation sites (tertiary alicyclic amines) is 1. The fourth-order valence-corrected chi connectivity index (χ4v) is 6.35. The largest absolute Gasteiger partial charge is 0.351 e. The van der Waals surface area contributed by atoms with E-state index in [2.05, 4.69) is 26.6 Å². The van der Waals surface area contributed by atoms with Gasteiger partial charge in [0.1, 0.15) is 18.1 Å². The molecule has 0 radical (unpaired) electrons. The van der Waals surface area contributed by atoms with Crippen LogP contribution in [0.2, 0.25) is 0 Å². The van der Waals surface area contributed by atoms with Crippen molar-refractivity contribution in [3.8, 4) is 0 Å². The molecular weight excluding hydrogens is 688 g/mol. The molecule has 14 nitrogen and oxygen atoms in total. The van der Waals surface area contributed by atoms with Crippen molar-refractivity contribution in [2.45, 2.75) is 109 Å². The zero-order valence-corrected chi connectivity index (χ0v) is 32.0. The second kappa shape index (κ2) is 23.1. The van der Waals surface area contributed by atoms with E-state index < -0.39 is 53.7 Å². The zero-order chi connectivity index (χ0) is 39.5. The van der Waals surface area contributed by atoms with E-state index in [0.29, 0.717) is 71.1 Å². The molecule has 0 saturated carbocycles. The highest BCUT2D eigenvalue weighted by atomic mass is 16.2. The molecule has 1 aliphatic rings. The van der Waals surface area contributed by atoms with Crippen LogP contribution in [-0.2, 0) is 41.6 Å². The third-order valence-electron chi connectivity index (χ3n) is 9.42. The van der Waals surface area contributed by atoms with Gasteiger partial charge in [0, 0.05) is 32.1 Å². The Hall–Kier alpha value is -4.82. The molecule has 14 heteroatoms. The number of nitrogens with one attached hydrogen (secondary N) is 5. The van der Waals surface area contributed by atoms with Crippen molar-refractivity contribution >= 4 is 35.4 Å². The summed E-state index contributed by atoms with van der Waals surface area (Å²) in [5.41, 5.74) is 13.9. The maximum atomic E-state index is 13.9. The van der Waals surface area contributed by atoms with Gasteiger partial charge in [0.05, 0.1) is 6.04 Å². The average molecular weight is 749 g/mol. The first-order valence-corrected chi connectivity index (χ1v) is 19.2. The van der Waals surface area contributed by atoms with E-state index in [1.54, 1.807) is 6.92 Å². The van der Waals surface area contributed by atoms with Crippen molar-refractivity contribution in [2.75, 3.05) is 26.2 Å². The molecule has 2 aromatic rings. The lowest BCUT2D eigenvalue weighted by molar-refractivity contribution is -0.146. The summed E-state index contributed by atoms with van der Waals surface area (Å²) < 4.78 is 0. The number of unbranched alkanes of at least 4 members (excludes halogenated alkanes) is 1. The molecule has 1 aliphatic heterocycles. The summed E-state index contributed by atoms with van der Waals surface area (Å²) in [6, 6.07) is 14.9. The number of aryl methyl sites for hydroxylation is 1. The minimum absolute atomic E-state index is 0.00597. The number of nitrogens with zero attached hydrogens (tertiary/aromatic N) is 1. The Morgan fingerprint density at radius 3 is 1.91 bits per heavy atom. The SMILES string of the molecule is CCNC(=O)C(=O)N1CCC(NC(=O)[C@@H](CCCCN)NC(=O)[C@@H](CC(C)C)NC(=O)[C@@H](Cc2ccccc2)NC(=O)[C@H](N)CCc2ccccc2)CC1. The molecule has 0 spiro atoms. The Bertz CT molecular complexity index is 1500. The minimum Gasteiger partial charge on any atom is -0.351 e. The number of likely N-dealkylation sites (N-methyl/N-ethyl adjacent to an activating group) is 1. The highest BCUT2D eigenvalue weighted by Crippen LogP contribution is 2.14. The number of carbonyl (C=O) groups is 6. The topological polar surface area (TPSA) is 218 Å². The molecule has 296 valence electrons. The standard InChI is InChI=1S/C40H60N8O6/c1-4-43-39(53)40(54)48-23-20-30(21-24-48)44-36(50)32(17-11-12-22-41)45-37(51)33(25-27(2)3)47-38(52)34(26-29-15-9-6-10-16-29)46-35(49)31(42)19-18-28-13-7-5-8-14-28/h5-10,13-16,27,30-34H,4,11-12,17-26,41-42H2,1-3H3,(H,43,53)(H,44,50)(H,45,51)(H,46,49)(H,47,52)/t31-,32-,33-,34-/m1/s1. The first-order valence-electron chi connectivity index (χ1n) is 19.2. The molecule has 0 aliphatic carbocycles. The van der Waals surface area contributed by atoms with Gasteiger partial charge in [-0.15, -0.1) is 0 Å². The molecular formula is C40H60N8O6. The van der Waals surface area contributed by atoms with Gasteiger partial charge < -0.3 is 43.0 Å². The molecule has 1 fully saturated rings. The fourth-order valence-electron chi connectivity index (χ4n) is 6.35. The highest BCUT2D eigenvalue weighted by molar-refractivity contribution is 6.35. The van der Waals surface area contributed by atoms with Crippen LogP contribution in [0.4, 0.5) is 0 Å². The normalized spacial score (nSPS) is 15.3. The molecule has 0 aromatic heterocycles. The Balaban J connectivity index is 1.70. The number of amides is 6. The van der Waals surface area contributed by atoms with Gasteiger partial charge in [-0.1, -0.05) is 74.5 Å². The van der Waals surface area contributed by atoms with Crippen LogP contribution >= 0.6 is 0 Å². The Kier molecular flexibility index (Phi) is 18.6. The zero-order valence-electron chi connectivity index (χ0n) is 32.0. The summed E-state index contributed by atoms with van der Waals surface area (Å²) in [5.74, 6) is -3.14. The van der Waals surface area contributed by atoms with E-state index in [0.717, 1.165) is 11.1 Å². The predicted molar refractivity (Wildman–Crippen MR) is 207 cm³/mol. The predicted octanol–water partition coefficient (Wildman–Crippen LogP) is 1.06. The second-order valence-electron chi connectivity index (χ2n) is 14.4. The number of hydrogen-bond acceptors (Lipinski definition) is 8. The van der Waals surface area contributed by atoms with E-state index in [1.165, 1.54) is 4.90 Å². The van der Waals surface area contributed by atoms with E-state index in [9.17, 15) is 28.8 Å². The van der Waals surface area contributed by atoms with Crippen molar-refractivity contribution in [3.05, 3.63) is 71.8 Å². The average Bonchev–Trinajstić information content (AvgIpc) is 3.16. The Morgan fingerprint density at radius 1 is 0.741 bits per heavy atom. The van der Waals surface area contributed by atoms with Gasteiger partial charge in [-0.2, -0.15) is 0 Å². The van der Waals surface area contributed by atoms with Crippen molar-refractivity contribution in [1.82, 2.24) is 31.5 Å². The Labute approximate surface area is 319 Å². The molecule has 0 unspecified atom stereocenters. The lowest BCUT2D eigenvalue weighted by atomic mass is 9.99. The first kappa shape index (κ1) is 43.6. The van der Waals surface area contributed by atoms with Crippen molar-refractivity contribution in [2.24, 2.45) is 17.4 Å². The summed E-state index contributed by atoms with van der Waals surface area (Å²) in [5, 5.41) is 14.1. The van der Waals surface area contributed by atoms with Crippen LogP contribution in [-0.4, -0.2) is 96.7 Å². The number of benzene rings is 2. The van der Waals surface area contributed by atoms with Crippen molar-refractivity contribution in [1.29, 1.82) is 0 Å². The third kappa shape index (κ3) is 14.9. The molecule has 3 rings (SSSR count). The summed E-state index contributed by atoms with van der Waals surface area (Å²) in [7, 11) is 0. The molecule has 1 heterocycles. The van der Waals surface area contributed by atoms with E-state index in [-0.39, 0.29) is 30.7 Å². The molecule has 9 N–H and O–H groups in total. The third-order valence-corrected chi connectivity index (χ3v) is 9.42. The maximum Gasteiger partial charge on any atom is 0.311 e. The summed E-state index contributed by atoms with van der Waals surface area (Å²) >= 11 is 0. The molecule has 6 amide bonds. The highest BCUT2D eigenvalue weighted by Gasteiger charge is 2.33. The van der Waals surface area contributed by atoms with Crippen LogP contribution < -0.4 is 38.1 Å². The smallest absolute Gasteiger partial charge is 0.311 e. The van der Waals surface area contributed by atoms with Crippen LogP contribution in [0.5, 0.6) is 0 Å². The van der Waals surface area contributed by atoms with Gasteiger partial charge in [0.15, 0.2) is 0 Å². The van der Waals surface area contributed by atoms with Crippen LogP contribution in [0, 0.1) is 5.92 Å². The van der Waals surface area contributed by atoms with Gasteiger partial charge in [0.2, 0.25) is 23.6 Å². The van der Waals surface area contributed by atoms with Crippen molar-refractivity contribution in [3.63, 3.8) is 0 Å². The van der Waals surface area contributed by atoms with Gasteiger partial charge in [-0.3, -0.25) is 28.8 Å². The van der Waals surface area contributed by atoms with Crippen molar-refractivity contribution < 1.29 is 28.8 Å². The van der Waals surface area contributed by atoms with Gasteiger partial charge in [-0.25, -0.2) is 0 Å². The lowest BCUT2D eigenvalue weighted by Gasteiger charge is -2.33. The molecule has 54 heavy (non-hydrogen) atoms. The lowest BCUT2D eigenvalue weighted by Crippen LogP contribution is -2.59. The molecule has 1 saturated heterocycles. The summed E-state index contributed by atoms with van der Waals surface area (Å²) in [4.78, 5) is 80.6. The van der Waals surface area contributed by atoms with Gasteiger partial charge >= 0.3 is 11.8 Å². The Morgan fingerprint density at radius 2 is 1.31 bits per heavy atom. The number of hydrogen-bond donors (Lipinski definition) is 7. The fraction of sp³-hybridized carbons (Fsp3) is 0.550. The molecule has 0 bridgehead atoms. The van der Waals surface area contributed by atoms with Crippen LogP contribution in [0.15, 0.2) is 60.7 Å². The second-order valence-corrected chi connectivity index (χ2v) is 14.4. The number of carbonyl (C=O) groups excluding carboxylic acids is 6. The number of nitrogens with two attached hydrogens (primary N) is 2. The minimum atomic E-state index is -1.01. The summed E-state index contributed by atoms with van der Waals surface area (Å²) in [6.07, 6.45) is 3.93. The van der Waals surface area contributed by atoms with Crippen LogP contribution in [0.3, 0.4) is 0 Å². The molecule has 4 atom stereocenters. The maximum absolute atomic E-state index is 13.9. The van der Waals surface area contributed by atoms with Crippen LogP contribution in [0.1, 0.15) is 76.8 Å². The quantitative estimate of drug-likeness (QED) is 0.0766. The van der Waals surface area contributed by atoms with Crippen LogP contribution in [0.25, 0.3) is 0 Å². The first-order chi connectivity index (χ1) is 25.9.